The molecule has 80 valence electrons. The van der Waals surface area contributed by atoms with E-state index in [0.29, 0.717) is 11.5 Å². The SMILES string of the molecule is CCC(=O)NC(=S)Nc1ccc(Br)cc1. The van der Waals surface area contributed by atoms with Crippen molar-refractivity contribution in [3.8, 4) is 0 Å². The molecule has 1 aromatic rings. The van der Waals surface area contributed by atoms with E-state index in [1.165, 1.54) is 0 Å². The molecule has 0 aromatic heterocycles. The Morgan fingerprint density at radius 2 is 2.00 bits per heavy atom. The molecule has 5 heteroatoms. The van der Waals surface area contributed by atoms with E-state index in [4.69, 9.17) is 12.2 Å². The zero-order chi connectivity index (χ0) is 11.3. The first-order valence-electron chi connectivity index (χ1n) is 4.48. The first-order valence-corrected chi connectivity index (χ1v) is 5.68. The average molecular weight is 287 g/mol. The van der Waals surface area contributed by atoms with Crippen molar-refractivity contribution < 1.29 is 4.79 Å². The second-order valence-corrected chi connectivity index (χ2v) is 4.19. The summed E-state index contributed by atoms with van der Waals surface area (Å²) in [5.41, 5.74) is 0.847. The van der Waals surface area contributed by atoms with Crippen LogP contribution in [0.2, 0.25) is 0 Å². The van der Waals surface area contributed by atoms with Crippen LogP contribution in [0.4, 0.5) is 5.69 Å². The van der Waals surface area contributed by atoms with Crippen molar-refractivity contribution >= 4 is 44.9 Å². The molecule has 15 heavy (non-hydrogen) atoms. The van der Waals surface area contributed by atoms with Gasteiger partial charge in [0.05, 0.1) is 0 Å². The molecule has 0 heterocycles. The fraction of sp³-hybridized carbons (Fsp3) is 0.200. The van der Waals surface area contributed by atoms with Gasteiger partial charge in [0.1, 0.15) is 0 Å². The summed E-state index contributed by atoms with van der Waals surface area (Å²) in [4.78, 5) is 11.0. The minimum atomic E-state index is -0.0930. The third kappa shape index (κ3) is 4.40. The Morgan fingerprint density at radius 1 is 1.40 bits per heavy atom. The van der Waals surface area contributed by atoms with E-state index in [0.717, 1.165) is 10.2 Å². The first-order chi connectivity index (χ1) is 7.11. The third-order valence-corrected chi connectivity index (χ3v) is 2.41. The molecule has 0 aliphatic carbocycles. The average Bonchev–Trinajstić information content (AvgIpc) is 2.21. The third-order valence-electron chi connectivity index (χ3n) is 1.68. The van der Waals surface area contributed by atoms with Gasteiger partial charge in [-0.05, 0) is 36.5 Å². The van der Waals surface area contributed by atoms with Crippen molar-refractivity contribution in [2.45, 2.75) is 13.3 Å². The van der Waals surface area contributed by atoms with Gasteiger partial charge in [-0.1, -0.05) is 22.9 Å². The molecule has 0 unspecified atom stereocenters. The van der Waals surface area contributed by atoms with Crippen LogP contribution in [0.15, 0.2) is 28.7 Å². The molecular formula is C10H11BrN2OS. The summed E-state index contributed by atoms with van der Waals surface area (Å²) < 4.78 is 0.997. The highest BCUT2D eigenvalue weighted by Gasteiger charge is 2.01. The fourth-order valence-electron chi connectivity index (χ4n) is 0.911. The number of hydrogen-bond acceptors (Lipinski definition) is 2. The molecule has 1 rings (SSSR count). The van der Waals surface area contributed by atoms with Crippen LogP contribution in [0.25, 0.3) is 0 Å². The van der Waals surface area contributed by atoms with Crippen molar-refractivity contribution in [1.82, 2.24) is 5.32 Å². The molecule has 3 nitrogen and oxygen atoms in total. The zero-order valence-corrected chi connectivity index (χ0v) is 10.6. The predicted molar refractivity (Wildman–Crippen MR) is 68.8 cm³/mol. The predicted octanol–water partition coefficient (Wildman–Crippen LogP) is 2.67. The topological polar surface area (TPSA) is 41.1 Å². The van der Waals surface area contributed by atoms with Gasteiger partial charge in [-0.2, -0.15) is 0 Å². The summed E-state index contributed by atoms with van der Waals surface area (Å²) in [6.45, 7) is 1.78. The van der Waals surface area contributed by atoms with Gasteiger partial charge in [0.2, 0.25) is 5.91 Å². The lowest BCUT2D eigenvalue weighted by Crippen LogP contribution is -2.33. The van der Waals surface area contributed by atoms with Gasteiger partial charge < -0.3 is 10.6 Å². The Kier molecular flexibility index (Phi) is 4.71. The normalized spacial score (nSPS) is 9.47. The Hall–Kier alpha value is -0.940. The van der Waals surface area contributed by atoms with E-state index in [1.807, 2.05) is 24.3 Å². The van der Waals surface area contributed by atoms with Crippen LogP contribution in [-0.2, 0) is 4.79 Å². The maximum absolute atomic E-state index is 11.0. The van der Waals surface area contributed by atoms with Gasteiger partial charge in [0.25, 0.3) is 0 Å². The summed E-state index contributed by atoms with van der Waals surface area (Å²) in [6.07, 6.45) is 0.419. The van der Waals surface area contributed by atoms with Gasteiger partial charge in [-0.15, -0.1) is 0 Å². The maximum atomic E-state index is 11.0. The highest BCUT2D eigenvalue weighted by Crippen LogP contribution is 2.13. The highest BCUT2D eigenvalue weighted by molar-refractivity contribution is 9.10. The van der Waals surface area contributed by atoms with Crippen molar-refractivity contribution in [3.63, 3.8) is 0 Å². The van der Waals surface area contributed by atoms with Gasteiger partial charge in [-0.25, -0.2) is 0 Å². The monoisotopic (exact) mass is 286 g/mol. The van der Waals surface area contributed by atoms with E-state index in [9.17, 15) is 4.79 Å². The minimum absolute atomic E-state index is 0.0930. The van der Waals surface area contributed by atoms with Crippen LogP contribution in [0.5, 0.6) is 0 Å². The Balaban J connectivity index is 2.51. The molecular weight excluding hydrogens is 276 g/mol. The summed E-state index contributed by atoms with van der Waals surface area (Å²) >= 11 is 8.29. The van der Waals surface area contributed by atoms with Gasteiger partial charge >= 0.3 is 0 Å². The molecule has 0 spiro atoms. The Bertz CT molecular complexity index is 364. The number of nitrogens with one attached hydrogen (secondary N) is 2. The summed E-state index contributed by atoms with van der Waals surface area (Å²) in [5.74, 6) is -0.0930. The maximum Gasteiger partial charge on any atom is 0.225 e. The largest absolute Gasteiger partial charge is 0.332 e. The van der Waals surface area contributed by atoms with Crippen LogP contribution < -0.4 is 10.6 Å². The standard InChI is InChI=1S/C10H11BrN2OS/c1-2-9(14)13-10(15)12-8-5-3-7(11)4-6-8/h3-6H,2H2,1H3,(H2,12,13,14,15). The van der Waals surface area contributed by atoms with Gasteiger partial charge in [0.15, 0.2) is 5.11 Å². The fourth-order valence-corrected chi connectivity index (χ4v) is 1.41. The number of carbonyl (C=O) groups excluding carboxylic acids is 1. The number of hydrogen-bond donors (Lipinski definition) is 2. The number of thiocarbonyl (C=S) groups is 1. The molecule has 0 aliphatic rings. The minimum Gasteiger partial charge on any atom is -0.332 e. The Morgan fingerprint density at radius 3 is 2.53 bits per heavy atom. The van der Waals surface area contributed by atoms with Crippen LogP contribution in [0.1, 0.15) is 13.3 Å². The highest BCUT2D eigenvalue weighted by atomic mass is 79.9. The number of rotatable bonds is 2. The molecule has 0 aliphatic heterocycles. The summed E-state index contributed by atoms with van der Waals surface area (Å²) in [5, 5.41) is 5.80. The molecule has 1 amide bonds. The molecule has 1 aromatic carbocycles. The summed E-state index contributed by atoms with van der Waals surface area (Å²) in [7, 11) is 0. The van der Waals surface area contributed by atoms with Crippen LogP contribution in [-0.4, -0.2) is 11.0 Å². The second kappa shape index (κ2) is 5.82. The smallest absolute Gasteiger partial charge is 0.225 e. The molecule has 0 fully saturated rings. The van der Waals surface area contributed by atoms with Crippen LogP contribution >= 0.6 is 28.1 Å². The van der Waals surface area contributed by atoms with Gasteiger partial charge in [0, 0.05) is 16.6 Å². The molecule has 0 saturated heterocycles. The first kappa shape index (κ1) is 12.1. The summed E-state index contributed by atoms with van der Waals surface area (Å²) in [6, 6.07) is 7.53. The number of benzene rings is 1. The molecule has 0 radical (unpaired) electrons. The zero-order valence-electron chi connectivity index (χ0n) is 8.21. The quantitative estimate of drug-likeness (QED) is 0.822. The molecule has 2 N–H and O–H groups in total. The van der Waals surface area contributed by atoms with Crippen molar-refractivity contribution in [3.05, 3.63) is 28.7 Å². The number of halogens is 1. The van der Waals surface area contributed by atoms with E-state index < -0.39 is 0 Å². The van der Waals surface area contributed by atoms with E-state index in [-0.39, 0.29) is 5.91 Å². The van der Waals surface area contributed by atoms with E-state index >= 15 is 0 Å². The molecule has 0 bridgehead atoms. The van der Waals surface area contributed by atoms with Gasteiger partial charge in [-0.3, -0.25) is 4.79 Å². The van der Waals surface area contributed by atoms with Crippen molar-refractivity contribution in [2.75, 3.05) is 5.32 Å². The van der Waals surface area contributed by atoms with Crippen LogP contribution in [0, 0.1) is 0 Å². The number of carbonyl (C=O) groups is 1. The number of anilines is 1. The van der Waals surface area contributed by atoms with Crippen LogP contribution in [0.3, 0.4) is 0 Å². The molecule has 0 atom stereocenters. The number of amides is 1. The lowest BCUT2D eigenvalue weighted by molar-refractivity contribution is -0.119. The lowest BCUT2D eigenvalue weighted by Gasteiger charge is -2.08. The lowest BCUT2D eigenvalue weighted by atomic mass is 10.3. The van der Waals surface area contributed by atoms with E-state index in [1.54, 1.807) is 6.92 Å². The molecule has 0 saturated carbocycles. The Labute approximate surface area is 102 Å². The van der Waals surface area contributed by atoms with Crippen molar-refractivity contribution in [2.24, 2.45) is 0 Å². The van der Waals surface area contributed by atoms with Crippen molar-refractivity contribution in [1.29, 1.82) is 0 Å². The second-order valence-electron chi connectivity index (χ2n) is 2.86. The van der Waals surface area contributed by atoms with E-state index in [2.05, 4.69) is 26.6 Å².